The van der Waals surface area contributed by atoms with Crippen molar-refractivity contribution < 1.29 is 9.59 Å². The van der Waals surface area contributed by atoms with Crippen molar-refractivity contribution in [3.05, 3.63) is 0 Å². The molecule has 0 aromatic carbocycles. The molecule has 0 bridgehead atoms. The molecule has 0 aromatic rings. The van der Waals surface area contributed by atoms with Gasteiger partial charge >= 0.3 is 0 Å². The summed E-state index contributed by atoms with van der Waals surface area (Å²) < 4.78 is 0. The maximum atomic E-state index is 11.2. The number of likely N-dealkylation sites (N-methyl/N-ethyl adjacent to an activating group) is 1. The van der Waals surface area contributed by atoms with Crippen LogP contribution in [0.15, 0.2) is 0 Å². The fourth-order valence-electron chi connectivity index (χ4n) is 1.58. The SMILES string of the molecule is CC.CNC(=O)C1CCCN1C(C)=O. The topological polar surface area (TPSA) is 49.4 Å². The fourth-order valence-corrected chi connectivity index (χ4v) is 1.58. The van der Waals surface area contributed by atoms with E-state index in [1.807, 2.05) is 13.8 Å². The van der Waals surface area contributed by atoms with Crippen LogP contribution in [0.5, 0.6) is 0 Å². The van der Waals surface area contributed by atoms with Crippen LogP contribution < -0.4 is 5.32 Å². The molecule has 1 fully saturated rings. The molecule has 1 unspecified atom stereocenters. The molecule has 14 heavy (non-hydrogen) atoms. The first-order valence-electron chi connectivity index (χ1n) is 5.15. The Morgan fingerprint density at radius 1 is 1.36 bits per heavy atom. The van der Waals surface area contributed by atoms with E-state index in [-0.39, 0.29) is 17.9 Å². The van der Waals surface area contributed by atoms with Gasteiger partial charge in [-0.2, -0.15) is 0 Å². The zero-order valence-electron chi connectivity index (χ0n) is 9.46. The van der Waals surface area contributed by atoms with Crippen molar-refractivity contribution in [2.75, 3.05) is 13.6 Å². The highest BCUT2D eigenvalue weighted by atomic mass is 16.2. The molecule has 0 spiro atoms. The summed E-state index contributed by atoms with van der Waals surface area (Å²) >= 11 is 0. The van der Waals surface area contributed by atoms with Gasteiger partial charge in [-0.1, -0.05) is 13.8 Å². The van der Waals surface area contributed by atoms with Crippen LogP contribution in [0, 0.1) is 0 Å². The molecule has 0 radical (unpaired) electrons. The number of rotatable bonds is 1. The van der Waals surface area contributed by atoms with Crippen LogP contribution in [0.1, 0.15) is 33.6 Å². The number of amides is 2. The maximum Gasteiger partial charge on any atom is 0.242 e. The van der Waals surface area contributed by atoms with Gasteiger partial charge in [0.2, 0.25) is 11.8 Å². The Morgan fingerprint density at radius 2 is 1.93 bits per heavy atom. The summed E-state index contributed by atoms with van der Waals surface area (Å²) in [7, 11) is 1.60. The highest BCUT2D eigenvalue weighted by molar-refractivity contribution is 5.87. The Labute approximate surface area is 85.7 Å². The highest BCUT2D eigenvalue weighted by Gasteiger charge is 2.31. The molecule has 1 N–H and O–H groups in total. The zero-order valence-corrected chi connectivity index (χ0v) is 9.46. The molecule has 1 saturated heterocycles. The van der Waals surface area contributed by atoms with E-state index in [0.29, 0.717) is 6.54 Å². The highest BCUT2D eigenvalue weighted by Crippen LogP contribution is 2.16. The third-order valence-corrected chi connectivity index (χ3v) is 2.21. The summed E-state index contributed by atoms with van der Waals surface area (Å²) in [5.74, 6) is -0.0659. The maximum absolute atomic E-state index is 11.2. The van der Waals surface area contributed by atoms with Crippen LogP contribution >= 0.6 is 0 Å². The van der Waals surface area contributed by atoms with E-state index < -0.39 is 0 Å². The molecule has 4 heteroatoms. The predicted octanol–water partition coefficient (Wildman–Crippen LogP) is 0.770. The second-order valence-electron chi connectivity index (χ2n) is 2.98. The van der Waals surface area contributed by atoms with Gasteiger partial charge in [0.05, 0.1) is 0 Å². The normalized spacial score (nSPS) is 19.7. The first-order valence-corrected chi connectivity index (χ1v) is 5.15. The fraction of sp³-hybridized carbons (Fsp3) is 0.800. The molecule has 82 valence electrons. The summed E-state index contributed by atoms with van der Waals surface area (Å²) in [5, 5.41) is 2.56. The lowest BCUT2D eigenvalue weighted by Crippen LogP contribution is -2.43. The lowest BCUT2D eigenvalue weighted by molar-refractivity contribution is -0.136. The Hall–Kier alpha value is -1.06. The van der Waals surface area contributed by atoms with Gasteiger partial charge in [-0.3, -0.25) is 9.59 Å². The van der Waals surface area contributed by atoms with Crippen molar-refractivity contribution in [3.8, 4) is 0 Å². The van der Waals surface area contributed by atoms with Crippen molar-refractivity contribution in [3.63, 3.8) is 0 Å². The molecule has 2 amide bonds. The first kappa shape index (κ1) is 12.9. The van der Waals surface area contributed by atoms with E-state index in [1.54, 1.807) is 11.9 Å². The van der Waals surface area contributed by atoms with E-state index in [9.17, 15) is 9.59 Å². The number of carbonyl (C=O) groups is 2. The number of carbonyl (C=O) groups excluding carboxylic acids is 2. The van der Waals surface area contributed by atoms with E-state index >= 15 is 0 Å². The van der Waals surface area contributed by atoms with Crippen LogP contribution in [0.2, 0.25) is 0 Å². The average Bonchev–Trinajstić information content (AvgIpc) is 2.68. The van der Waals surface area contributed by atoms with E-state index in [4.69, 9.17) is 0 Å². The van der Waals surface area contributed by atoms with Gasteiger partial charge in [0, 0.05) is 20.5 Å². The predicted molar refractivity (Wildman–Crippen MR) is 55.8 cm³/mol. The molecule has 0 aromatic heterocycles. The van der Waals surface area contributed by atoms with Crippen molar-refractivity contribution in [2.24, 2.45) is 0 Å². The molecular formula is C10H20N2O2. The summed E-state index contributed by atoms with van der Waals surface area (Å²) in [6, 6.07) is -0.229. The quantitative estimate of drug-likeness (QED) is 0.679. The zero-order chi connectivity index (χ0) is 11.1. The van der Waals surface area contributed by atoms with E-state index in [2.05, 4.69) is 5.32 Å². The van der Waals surface area contributed by atoms with Gasteiger partial charge in [0.25, 0.3) is 0 Å². The van der Waals surface area contributed by atoms with Crippen molar-refractivity contribution >= 4 is 11.8 Å². The number of nitrogens with zero attached hydrogens (tertiary/aromatic N) is 1. The molecule has 1 aliphatic heterocycles. The average molecular weight is 200 g/mol. The van der Waals surface area contributed by atoms with Crippen LogP contribution in [-0.4, -0.2) is 36.3 Å². The summed E-state index contributed by atoms with van der Waals surface area (Å²) in [5.41, 5.74) is 0. The Bertz CT molecular complexity index is 204. The summed E-state index contributed by atoms with van der Waals surface area (Å²) in [4.78, 5) is 23.9. The van der Waals surface area contributed by atoms with Gasteiger partial charge < -0.3 is 10.2 Å². The molecule has 1 heterocycles. The Morgan fingerprint density at radius 3 is 2.36 bits per heavy atom. The minimum Gasteiger partial charge on any atom is -0.357 e. The lowest BCUT2D eigenvalue weighted by Gasteiger charge is -2.21. The number of nitrogens with one attached hydrogen (secondary N) is 1. The van der Waals surface area contributed by atoms with Crippen molar-refractivity contribution in [1.82, 2.24) is 10.2 Å². The standard InChI is InChI=1S/C8H14N2O2.C2H6/c1-6(11)10-5-3-4-7(10)8(12)9-2;1-2/h7H,3-5H2,1-2H3,(H,9,12);1-2H3. The Balaban J connectivity index is 0.000000791. The summed E-state index contributed by atoms with van der Waals surface area (Å²) in [6.07, 6.45) is 1.72. The molecule has 1 atom stereocenters. The third-order valence-electron chi connectivity index (χ3n) is 2.21. The second-order valence-corrected chi connectivity index (χ2v) is 2.98. The monoisotopic (exact) mass is 200 g/mol. The second kappa shape index (κ2) is 6.40. The largest absolute Gasteiger partial charge is 0.357 e. The third kappa shape index (κ3) is 3.01. The van der Waals surface area contributed by atoms with Gasteiger partial charge in [0.1, 0.15) is 6.04 Å². The van der Waals surface area contributed by atoms with E-state index in [1.165, 1.54) is 6.92 Å². The van der Waals surface area contributed by atoms with Gasteiger partial charge in [-0.05, 0) is 12.8 Å². The molecule has 0 aliphatic carbocycles. The first-order chi connectivity index (χ1) is 6.66. The minimum atomic E-state index is -0.229. The minimum absolute atomic E-state index is 0.0129. The molecule has 4 nitrogen and oxygen atoms in total. The van der Waals surface area contributed by atoms with Gasteiger partial charge in [0.15, 0.2) is 0 Å². The Kier molecular flexibility index (Phi) is 5.92. The van der Waals surface area contributed by atoms with Crippen molar-refractivity contribution in [2.45, 2.75) is 39.7 Å². The molecular weight excluding hydrogens is 180 g/mol. The number of hydrogen-bond acceptors (Lipinski definition) is 2. The van der Waals surface area contributed by atoms with Gasteiger partial charge in [-0.25, -0.2) is 0 Å². The number of likely N-dealkylation sites (tertiary alicyclic amines) is 1. The van der Waals surface area contributed by atoms with Crippen LogP contribution in [-0.2, 0) is 9.59 Å². The summed E-state index contributed by atoms with van der Waals surface area (Å²) in [6.45, 7) is 6.22. The molecule has 0 saturated carbocycles. The molecule has 1 rings (SSSR count). The smallest absolute Gasteiger partial charge is 0.242 e. The van der Waals surface area contributed by atoms with Crippen LogP contribution in [0.3, 0.4) is 0 Å². The van der Waals surface area contributed by atoms with Gasteiger partial charge in [-0.15, -0.1) is 0 Å². The van der Waals surface area contributed by atoms with Crippen molar-refractivity contribution in [1.29, 1.82) is 0 Å². The molecule has 1 aliphatic rings. The lowest BCUT2D eigenvalue weighted by atomic mass is 10.2. The van der Waals surface area contributed by atoms with E-state index in [0.717, 1.165) is 12.8 Å². The number of hydrogen-bond donors (Lipinski definition) is 1. The van der Waals surface area contributed by atoms with Crippen LogP contribution in [0.4, 0.5) is 0 Å². The van der Waals surface area contributed by atoms with Crippen LogP contribution in [0.25, 0.3) is 0 Å².